The van der Waals surface area contributed by atoms with Gasteiger partial charge in [0.1, 0.15) is 6.10 Å². The first-order valence-electron chi connectivity index (χ1n) is 5.26. The molecule has 0 aliphatic heterocycles. The van der Waals surface area contributed by atoms with Crippen LogP contribution >= 0.6 is 0 Å². The molecule has 0 amide bonds. The molecular weight excluding hydrogens is 228 g/mol. The van der Waals surface area contributed by atoms with Crippen molar-refractivity contribution in [2.45, 2.75) is 38.2 Å². The van der Waals surface area contributed by atoms with Gasteiger partial charge in [0.05, 0.1) is 10.9 Å². The Morgan fingerprint density at radius 2 is 2.19 bits per heavy atom. The van der Waals surface area contributed by atoms with Crippen molar-refractivity contribution in [2.24, 2.45) is 0 Å². The van der Waals surface area contributed by atoms with Gasteiger partial charge in [0.25, 0.3) is 0 Å². The van der Waals surface area contributed by atoms with Crippen molar-refractivity contribution in [3.8, 4) is 0 Å². The average molecular weight is 246 g/mol. The van der Waals surface area contributed by atoms with Crippen LogP contribution in [0.3, 0.4) is 0 Å². The molecular formula is C10H18N2O3S. The maximum absolute atomic E-state index is 11.3. The molecule has 0 radical (unpaired) electrons. The fraction of sp³-hybridized carbons (Fsp3) is 0.700. The molecule has 0 aliphatic carbocycles. The Morgan fingerprint density at radius 1 is 1.56 bits per heavy atom. The van der Waals surface area contributed by atoms with E-state index in [2.05, 4.69) is 5.10 Å². The van der Waals surface area contributed by atoms with Crippen molar-refractivity contribution in [3.05, 3.63) is 18.0 Å². The van der Waals surface area contributed by atoms with Crippen molar-refractivity contribution in [1.82, 2.24) is 9.78 Å². The first kappa shape index (κ1) is 13.2. The monoisotopic (exact) mass is 246 g/mol. The van der Waals surface area contributed by atoms with E-state index < -0.39 is 21.2 Å². The van der Waals surface area contributed by atoms with Gasteiger partial charge in [0, 0.05) is 19.0 Å². The van der Waals surface area contributed by atoms with E-state index in [-0.39, 0.29) is 0 Å². The third-order valence-electron chi connectivity index (χ3n) is 2.61. The lowest BCUT2D eigenvalue weighted by Crippen LogP contribution is -2.26. The lowest BCUT2D eigenvalue weighted by Gasteiger charge is -2.18. The summed E-state index contributed by atoms with van der Waals surface area (Å²) in [6.07, 6.45) is 2.56. The van der Waals surface area contributed by atoms with Gasteiger partial charge in [-0.3, -0.25) is 4.68 Å². The quantitative estimate of drug-likeness (QED) is 0.832. The number of rotatable bonds is 5. The van der Waals surface area contributed by atoms with E-state index in [1.807, 2.05) is 6.92 Å². The average Bonchev–Trinajstić information content (AvgIpc) is 2.63. The Bertz CT molecular complexity index is 439. The standard InChI is InChI=1S/C10H18N2O3S/c1-4-7-12-9(5-6-11-12)10(13)8(2)16(3,14)15/h5-6,8,10,13H,4,7H2,1-3H3. The Hall–Kier alpha value is -0.880. The number of aryl methyl sites for hydroxylation is 1. The van der Waals surface area contributed by atoms with Crippen LogP contribution in [-0.2, 0) is 16.4 Å². The summed E-state index contributed by atoms with van der Waals surface area (Å²) in [6, 6.07) is 1.65. The molecule has 0 saturated carbocycles. The van der Waals surface area contributed by atoms with Gasteiger partial charge in [-0.1, -0.05) is 6.92 Å². The summed E-state index contributed by atoms with van der Waals surface area (Å²) in [4.78, 5) is 0. The minimum absolute atomic E-state index is 0.555. The number of nitrogens with zero attached hydrogens (tertiary/aromatic N) is 2. The number of aliphatic hydroxyl groups is 1. The summed E-state index contributed by atoms with van der Waals surface area (Å²) in [5.41, 5.74) is 0.555. The number of sulfone groups is 1. The second-order valence-electron chi connectivity index (χ2n) is 3.96. The Morgan fingerprint density at radius 3 is 2.69 bits per heavy atom. The minimum atomic E-state index is -3.25. The van der Waals surface area contributed by atoms with Gasteiger partial charge in [-0.25, -0.2) is 8.42 Å². The van der Waals surface area contributed by atoms with E-state index in [0.29, 0.717) is 12.2 Å². The molecule has 2 atom stereocenters. The van der Waals surface area contributed by atoms with Crippen LogP contribution in [0.25, 0.3) is 0 Å². The lowest BCUT2D eigenvalue weighted by atomic mass is 10.2. The molecule has 16 heavy (non-hydrogen) atoms. The second-order valence-corrected chi connectivity index (χ2v) is 6.36. The van der Waals surface area contributed by atoms with E-state index >= 15 is 0 Å². The molecule has 1 aromatic heterocycles. The highest BCUT2D eigenvalue weighted by Gasteiger charge is 2.27. The zero-order valence-electron chi connectivity index (χ0n) is 9.79. The van der Waals surface area contributed by atoms with Crippen LogP contribution in [0.2, 0.25) is 0 Å². The number of hydrogen-bond donors (Lipinski definition) is 1. The molecule has 1 aromatic rings. The molecule has 92 valence electrons. The van der Waals surface area contributed by atoms with Crippen LogP contribution < -0.4 is 0 Å². The van der Waals surface area contributed by atoms with E-state index in [1.54, 1.807) is 16.9 Å². The number of hydrogen-bond acceptors (Lipinski definition) is 4. The van der Waals surface area contributed by atoms with Crippen molar-refractivity contribution in [2.75, 3.05) is 6.26 Å². The van der Waals surface area contributed by atoms with Gasteiger partial charge in [0.15, 0.2) is 9.84 Å². The highest BCUT2D eigenvalue weighted by atomic mass is 32.2. The van der Waals surface area contributed by atoms with Crippen molar-refractivity contribution in [3.63, 3.8) is 0 Å². The van der Waals surface area contributed by atoms with Crippen LogP contribution in [0.15, 0.2) is 12.3 Å². The van der Waals surface area contributed by atoms with Gasteiger partial charge in [0.2, 0.25) is 0 Å². The fourth-order valence-electron chi connectivity index (χ4n) is 1.47. The molecule has 0 bridgehead atoms. The molecule has 5 nitrogen and oxygen atoms in total. The Kier molecular flexibility index (Phi) is 4.09. The smallest absolute Gasteiger partial charge is 0.152 e. The number of aromatic nitrogens is 2. The molecule has 0 fully saturated rings. The summed E-state index contributed by atoms with van der Waals surface area (Å²) >= 11 is 0. The third kappa shape index (κ3) is 2.82. The molecule has 0 aromatic carbocycles. The van der Waals surface area contributed by atoms with Crippen LogP contribution in [0.4, 0.5) is 0 Å². The topological polar surface area (TPSA) is 72.2 Å². The largest absolute Gasteiger partial charge is 0.385 e. The van der Waals surface area contributed by atoms with Gasteiger partial charge in [-0.15, -0.1) is 0 Å². The predicted octanol–water partition coefficient (Wildman–Crippen LogP) is 0.760. The van der Waals surface area contributed by atoms with Crippen molar-refractivity contribution in [1.29, 1.82) is 0 Å². The van der Waals surface area contributed by atoms with E-state index in [4.69, 9.17) is 0 Å². The third-order valence-corrected chi connectivity index (χ3v) is 4.22. The van der Waals surface area contributed by atoms with Gasteiger partial charge in [-0.05, 0) is 19.4 Å². The van der Waals surface area contributed by atoms with Gasteiger partial charge < -0.3 is 5.11 Å². The second kappa shape index (κ2) is 4.97. The van der Waals surface area contributed by atoms with Crippen molar-refractivity contribution < 1.29 is 13.5 Å². The molecule has 1 rings (SSSR count). The minimum Gasteiger partial charge on any atom is -0.385 e. The first-order chi connectivity index (χ1) is 7.38. The molecule has 1 heterocycles. The van der Waals surface area contributed by atoms with E-state index in [0.717, 1.165) is 12.7 Å². The highest BCUT2D eigenvalue weighted by Crippen LogP contribution is 2.21. The summed E-state index contributed by atoms with van der Waals surface area (Å²) in [6.45, 7) is 4.18. The van der Waals surface area contributed by atoms with Crippen LogP contribution in [0.5, 0.6) is 0 Å². The first-order valence-corrected chi connectivity index (χ1v) is 7.22. The zero-order valence-corrected chi connectivity index (χ0v) is 10.6. The highest BCUT2D eigenvalue weighted by molar-refractivity contribution is 7.91. The molecule has 2 unspecified atom stereocenters. The summed E-state index contributed by atoms with van der Waals surface area (Å²) < 4.78 is 24.3. The van der Waals surface area contributed by atoms with Crippen LogP contribution in [0, 0.1) is 0 Å². The molecule has 1 N–H and O–H groups in total. The number of aliphatic hydroxyl groups excluding tert-OH is 1. The lowest BCUT2D eigenvalue weighted by molar-refractivity contribution is 0.164. The van der Waals surface area contributed by atoms with E-state index in [9.17, 15) is 13.5 Å². The molecule has 6 heteroatoms. The fourth-order valence-corrected chi connectivity index (χ4v) is 2.08. The molecule has 0 saturated heterocycles. The summed E-state index contributed by atoms with van der Waals surface area (Å²) in [5.74, 6) is 0. The SMILES string of the molecule is CCCn1nccc1C(O)C(C)S(C)(=O)=O. The Balaban J connectivity index is 2.96. The van der Waals surface area contributed by atoms with Gasteiger partial charge in [-0.2, -0.15) is 5.10 Å². The maximum atomic E-state index is 11.3. The zero-order chi connectivity index (χ0) is 12.3. The van der Waals surface area contributed by atoms with Crippen LogP contribution in [-0.4, -0.2) is 34.8 Å². The summed E-state index contributed by atoms with van der Waals surface area (Å²) in [7, 11) is -3.25. The van der Waals surface area contributed by atoms with Gasteiger partial charge >= 0.3 is 0 Å². The van der Waals surface area contributed by atoms with E-state index in [1.165, 1.54) is 6.92 Å². The summed E-state index contributed by atoms with van der Waals surface area (Å²) in [5, 5.41) is 13.2. The predicted molar refractivity (Wildman–Crippen MR) is 61.8 cm³/mol. The van der Waals surface area contributed by atoms with Crippen molar-refractivity contribution >= 4 is 9.84 Å². The molecule has 0 aliphatic rings. The maximum Gasteiger partial charge on any atom is 0.152 e. The molecule has 0 spiro atoms. The Labute approximate surface area is 96.0 Å². The van der Waals surface area contributed by atoms with Crippen LogP contribution in [0.1, 0.15) is 32.1 Å². The normalized spacial score (nSPS) is 16.0.